The van der Waals surface area contributed by atoms with Crippen LogP contribution in [0, 0.1) is 11.3 Å². The lowest BCUT2D eigenvalue weighted by Crippen LogP contribution is -2.47. The van der Waals surface area contributed by atoms with Gasteiger partial charge in [-0.1, -0.05) is 6.92 Å². The first-order valence-electron chi connectivity index (χ1n) is 7.51. The summed E-state index contributed by atoms with van der Waals surface area (Å²) < 4.78 is 5.52. The molecule has 110 valence electrons. The number of hydrogen-bond acceptors (Lipinski definition) is 4. The average molecular weight is 267 g/mol. The Morgan fingerprint density at radius 3 is 2.84 bits per heavy atom. The summed E-state index contributed by atoms with van der Waals surface area (Å²) in [5.41, 5.74) is -0.401. The van der Waals surface area contributed by atoms with Gasteiger partial charge in [0.2, 0.25) is 0 Å². The molecule has 0 spiro atoms. The summed E-state index contributed by atoms with van der Waals surface area (Å²) in [6, 6.07) is 3.32. The van der Waals surface area contributed by atoms with E-state index in [2.05, 4.69) is 37.1 Å². The summed E-state index contributed by atoms with van der Waals surface area (Å²) in [5, 5.41) is 12.7. The Labute approximate surface area is 118 Å². The first-order valence-corrected chi connectivity index (χ1v) is 7.51. The number of rotatable bonds is 7. The van der Waals surface area contributed by atoms with Crippen molar-refractivity contribution in [2.24, 2.45) is 0 Å². The fourth-order valence-electron chi connectivity index (χ4n) is 2.79. The van der Waals surface area contributed by atoms with Gasteiger partial charge in [0.1, 0.15) is 5.54 Å². The van der Waals surface area contributed by atoms with Crippen molar-refractivity contribution in [1.82, 2.24) is 10.2 Å². The minimum Gasteiger partial charge on any atom is -0.378 e. The lowest BCUT2D eigenvalue weighted by molar-refractivity contribution is -0.00961. The summed E-state index contributed by atoms with van der Waals surface area (Å²) in [6.07, 6.45) is 3.09. The van der Waals surface area contributed by atoms with E-state index in [0.29, 0.717) is 12.1 Å². The largest absolute Gasteiger partial charge is 0.378 e. The van der Waals surface area contributed by atoms with Crippen molar-refractivity contribution in [2.75, 3.05) is 26.3 Å². The molecule has 1 fully saturated rings. The maximum atomic E-state index is 9.32. The van der Waals surface area contributed by atoms with Gasteiger partial charge in [0.05, 0.1) is 19.3 Å². The van der Waals surface area contributed by atoms with E-state index >= 15 is 0 Å². The second-order valence-electron chi connectivity index (χ2n) is 6.02. The minimum atomic E-state index is -0.401. The van der Waals surface area contributed by atoms with Crippen LogP contribution in [0.4, 0.5) is 0 Å². The number of morpholine rings is 1. The predicted molar refractivity (Wildman–Crippen MR) is 78.0 cm³/mol. The molecule has 1 aliphatic heterocycles. The van der Waals surface area contributed by atoms with Crippen molar-refractivity contribution in [3.8, 4) is 6.07 Å². The zero-order valence-electron chi connectivity index (χ0n) is 12.9. The summed E-state index contributed by atoms with van der Waals surface area (Å²) in [4.78, 5) is 2.51. The van der Waals surface area contributed by atoms with E-state index in [1.54, 1.807) is 0 Å². The van der Waals surface area contributed by atoms with Crippen LogP contribution in [0.25, 0.3) is 0 Å². The van der Waals surface area contributed by atoms with Crippen molar-refractivity contribution in [3.05, 3.63) is 0 Å². The van der Waals surface area contributed by atoms with E-state index < -0.39 is 5.54 Å². The molecule has 4 nitrogen and oxygen atoms in total. The molecule has 19 heavy (non-hydrogen) atoms. The van der Waals surface area contributed by atoms with Gasteiger partial charge >= 0.3 is 0 Å². The second kappa shape index (κ2) is 7.84. The molecule has 0 aromatic carbocycles. The highest BCUT2D eigenvalue weighted by Gasteiger charge is 2.26. The van der Waals surface area contributed by atoms with Crippen LogP contribution in [-0.4, -0.2) is 48.8 Å². The second-order valence-corrected chi connectivity index (χ2v) is 6.02. The van der Waals surface area contributed by atoms with Crippen LogP contribution in [-0.2, 0) is 4.74 Å². The van der Waals surface area contributed by atoms with Crippen LogP contribution in [0.15, 0.2) is 0 Å². The lowest BCUT2D eigenvalue weighted by atomic mass is 9.96. The van der Waals surface area contributed by atoms with Crippen molar-refractivity contribution in [3.63, 3.8) is 0 Å². The maximum Gasteiger partial charge on any atom is 0.104 e. The molecular weight excluding hydrogens is 238 g/mol. The molecule has 0 saturated carbocycles. The van der Waals surface area contributed by atoms with Crippen LogP contribution < -0.4 is 5.32 Å². The number of ether oxygens (including phenoxy) is 1. The van der Waals surface area contributed by atoms with Crippen LogP contribution >= 0.6 is 0 Å². The van der Waals surface area contributed by atoms with Crippen LogP contribution in [0.2, 0.25) is 0 Å². The molecule has 2 unspecified atom stereocenters. The standard InChI is InChI=1S/C15H29N3O/c1-5-14-11-19-10-9-18(14)8-6-7-15(4,12-16)17-13(2)3/h13-14,17H,5-11H2,1-4H3. The Bertz CT molecular complexity index is 300. The first kappa shape index (κ1) is 16.4. The molecule has 0 aromatic rings. The van der Waals surface area contributed by atoms with Crippen molar-refractivity contribution < 1.29 is 4.74 Å². The summed E-state index contributed by atoms with van der Waals surface area (Å²) in [7, 11) is 0. The highest BCUT2D eigenvalue weighted by molar-refractivity contribution is 5.04. The smallest absolute Gasteiger partial charge is 0.104 e. The molecule has 1 saturated heterocycles. The molecule has 1 aliphatic rings. The van der Waals surface area contributed by atoms with Gasteiger partial charge in [0, 0.05) is 18.6 Å². The summed E-state index contributed by atoms with van der Waals surface area (Å²) in [5.74, 6) is 0. The molecule has 0 bridgehead atoms. The topological polar surface area (TPSA) is 48.3 Å². The van der Waals surface area contributed by atoms with E-state index in [9.17, 15) is 5.26 Å². The quantitative estimate of drug-likeness (QED) is 0.768. The Kier molecular flexibility index (Phi) is 6.78. The van der Waals surface area contributed by atoms with Gasteiger partial charge in [-0.05, 0) is 46.6 Å². The van der Waals surface area contributed by atoms with Gasteiger partial charge in [-0.2, -0.15) is 5.26 Å². The third-order valence-corrected chi connectivity index (χ3v) is 3.80. The third-order valence-electron chi connectivity index (χ3n) is 3.80. The fourth-order valence-corrected chi connectivity index (χ4v) is 2.79. The number of nitrogens with one attached hydrogen (secondary N) is 1. The Hall–Kier alpha value is -0.630. The van der Waals surface area contributed by atoms with Gasteiger partial charge in [-0.15, -0.1) is 0 Å². The number of nitriles is 1. The molecule has 4 heteroatoms. The first-order chi connectivity index (χ1) is 9.00. The number of nitrogens with zero attached hydrogens (tertiary/aromatic N) is 2. The normalized spacial score (nSPS) is 24.1. The van der Waals surface area contributed by atoms with Crippen molar-refractivity contribution in [1.29, 1.82) is 5.26 Å². The molecule has 2 atom stereocenters. The Morgan fingerprint density at radius 1 is 1.53 bits per heavy atom. The molecule has 1 rings (SSSR count). The van der Waals surface area contributed by atoms with Gasteiger partial charge in [0.25, 0.3) is 0 Å². The third kappa shape index (κ3) is 5.48. The van der Waals surface area contributed by atoms with E-state index in [0.717, 1.165) is 45.6 Å². The molecule has 0 aromatic heterocycles. The van der Waals surface area contributed by atoms with Gasteiger partial charge < -0.3 is 4.74 Å². The molecule has 0 radical (unpaired) electrons. The van der Waals surface area contributed by atoms with Crippen LogP contribution in [0.1, 0.15) is 47.0 Å². The van der Waals surface area contributed by atoms with Gasteiger partial charge in [0.15, 0.2) is 0 Å². The lowest BCUT2D eigenvalue weighted by Gasteiger charge is -2.35. The number of hydrogen-bond donors (Lipinski definition) is 1. The van der Waals surface area contributed by atoms with Gasteiger partial charge in [-0.3, -0.25) is 10.2 Å². The fraction of sp³-hybridized carbons (Fsp3) is 0.933. The molecule has 0 amide bonds. The Morgan fingerprint density at radius 2 is 2.26 bits per heavy atom. The SMILES string of the molecule is CCC1COCCN1CCCC(C)(C#N)NC(C)C. The van der Waals surface area contributed by atoms with E-state index in [1.807, 2.05) is 6.92 Å². The van der Waals surface area contributed by atoms with Crippen molar-refractivity contribution >= 4 is 0 Å². The predicted octanol–water partition coefficient (Wildman–Crippen LogP) is 2.16. The average Bonchev–Trinajstić information content (AvgIpc) is 2.38. The monoisotopic (exact) mass is 267 g/mol. The highest BCUT2D eigenvalue weighted by atomic mass is 16.5. The molecule has 0 aliphatic carbocycles. The van der Waals surface area contributed by atoms with Crippen molar-refractivity contribution in [2.45, 2.75) is 64.6 Å². The molecule has 1 N–H and O–H groups in total. The van der Waals surface area contributed by atoms with Gasteiger partial charge in [-0.25, -0.2) is 0 Å². The minimum absolute atomic E-state index is 0.344. The zero-order chi connectivity index (χ0) is 14.3. The Balaban J connectivity index is 2.37. The summed E-state index contributed by atoms with van der Waals surface area (Å²) in [6.45, 7) is 12.2. The van der Waals surface area contributed by atoms with E-state index in [1.165, 1.54) is 0 Å². The van der Waals surface area contributed by atoms with Crippen LogP contribution in [0.3, 0.4) is 0 Å². The van der Waals surface area contributed by atoms with Crippen LogP contribution in [0.5, 0.6) is 0 Å². The van der Waals surface area contributed by atoms with E-state index in [4.69, 9.17) is 4.74 Å². The summed E-state index contributed by atoms with van der Waals surface area (Å²) >= 11 is 0. The maximum absolute atomic E-state index is 9.32. The van der Waals surface area contributed by atoms with E-state index in [-0.39, 0.29) is 0 Å². The zero-order valence-corrected chi connectivity index (χ0v) is 12.9. The molecular formula is C15H29N3O. The molecule has 1 heterocycles. The highest BCUT2D eigenvalue weighted by Crippen LogP contribution is 2.16.